The van der Waals surface area contributed by atoms with Gasteiger partial charge in [0.05, 0.1) is 0 Å². The quantitative estimate of drug-likeness (QED) is 0.766. The highest BCUT2D eigenvalue weighted by atomic mass is 16.5. The smallest absolute Gasteiger partial charge is 0.136 e. The van der Waals surface area contributed by atoms with Crippen LogP contribution in [0.1, 0.15) is 19.4 Å². The second-order valence-electron chi connectivity index (χ2n) is 4.90. The van der Waals surface area contributed by atoms with E-state index < -0.39 is 0 Å². The lowest BCUT2D eigenvalue weighted by Gasteiger charge is -2.23. The van der Waals surface area contributed by atoms with E-state index in [2.05, 4.69) is 43.5 Å². The third-order valence-corrected chi connectivity index (χ3v) is 3.00. The first kappa shape index (κ1) is 11.8. The third-order valence-electron chi connectivity index (χ3n) is 3.00. The number of anilines is 1. The molecule has 0 saturated heterocycles. The minimum Gasteiger partial charge on any atom is -0.457 e. The minimum absolute atomic E-state index is 0.434. The molecule has 0 aromatic heterocycles. The Morgan fingerprint density at radius 2 is 1.94 bits per heavy atom. The van der Waals surface area contributed by atoms with Gasteiger partial charge in [0.2, 0.25) is 0 Å². The van der Waals surface area contributed by atoms with Crippen LogP contribution in [0.3, 0.4) is 0 Å². The average molecular weight is 229 g/mol. The molecule has 0 unspecified atom stereocenters. The van der Waals surface area contributed by atoms with Crippen LogP contribution < -0.4 is 9.64 Å². The molecule has 1 aliphatic rings. The highest BCUT2D eigenvalue weighted by Gasteiger charge is 2.18. The fourth-order valence-electron chi connectivity index (χ4n) is 1.94. The van der Waals surface area contributed by atoms with Gasteiger partial charge in [-0.2, -0.15) is 0 Å². The number of allylic oxidation sites excluding steroid dienone is 1. The Morgan fingerprint density at radius 1 is 1.24 bits per heavy atom. The summed E-state index contributed by atoms with van der Waals surface area (Å²) in [5.74, 6) is 2.10. The minimum atomic E-state index is 0.434. The van der Waals surface area contributed by atoms with Gasteiger partial charge in [-0.3, -0.25) is 0 Å². The normalized spacial score (nSPS) is 14.2. The number of fused-ring (bicyclic) bond motifs is 1. The van der Waals surface area contributed by atoms with Gasteiger partial charge in [0.1, 0.15) is 11.5 Å². The number of hydrogen-bond acceptors (Lipinski definition) is 2. The van der Waals surface area contributed by atoms with E-state index in [1.54, 1.807) is 0 Å². The molecule has 0 bridgehead atoms. The Labute approximate surface area is 103 Å². The van der Waals surface area contributed by atoms with Gasteiger partial charge < -0.3 is 9.64 Å². The van der Waals surface area contributed by atoms with Crippen molar-refractivity contribution in [3.63, 3.8) is 0 Å². The Kier molecular flexibility index (Phi) is 2.97. The standard InChI is InChI=1S/C15H19NO/c1-10(2)14-8-12-6-7-13(16(4)5)9-15(12)17-11(14)3/h6-10H,3H2,1-2,4-5H3. The summed E-state index contributed by atoms with van der Waals surface area (Å²) >= 11 is 0. The second-order valence-corrected chi connectivity index (χ2v) is 4.90. The van der Waals surface area contributed by atoms with E-state index in [4.69, 9.17) is 4.74 Å². The zero-order chi connectivity index (χ0) is 12.6. The van der Waals surface area contributed by atoms with Gasteiger partial charge in [-0.1, -0.05) is 20.4 Å². The summed E-state index contributed by atoms with van der Waals surface area (Å²) in [7, 11) is 4.05. The number of nitrogens with zero attached hydrogens (tertiary/aromatic N) is 1. The van der Waals surface area contributed by atoms with Crippen molar-refractivity contribution in [3.8, 4) is 5.75 Å². The molecule has 17 heavy (non-hydrogen) atoms. The van der Waals surface area contributed by atoms with Crippen molar-refractivity contribution in [1.82, 2.24) is 0 Å². The molecule has 1 aliphatic heterocycles. The van der Waals surface area contributed by atoms with E-state index in [0.717, 1.165) is 22.8 Å². The van der Waals surface area contributed by atoms with Crippen LogP contribution in [0.4, 0.5) is 5.69 Å². The topological polar surface area (TPSA) is 12.5 Å². The summed E-state index contributed by atoms with van der Waals surface area (Å²) in [4.78, 5) is 2.06. The maximum Gasteiger partial charge on any atom is 0.136 e. The van der Waals surface area contributed by atoms with Gasteiger partial charge in [0.15, 0.2) is 0 Å². The van der Waals surface area contributed by atoms with Crippen molar-refractivity contribution in [1.29, 1.82) is 0 Å². The van der Waals surface area contributed by atoms with Crippen molar-refractivity contribution in [3.05, 3.63) is 41.7 Å². The number of rotatable bonds is 2. The first-order chi connectivity index (χ1) is 7.99. The molecule has 0 atom stereocenters. The monoisotopic (exact) mass is 229 g/mol. The lowest BCUT2D eigenvalue weighted by atomic mass is 9.96. The summed E-state index contributed by atoms with van der Waals surface area (Å²) in [6, 6.07) is 6.25. The molecule has 0 aliphatic carbocycles. The Morgan fingerprint density at radius 3 is 2.53 bits per heavy atom. The molecule has 0 N–H and O–H groups in total. The molecule has 1 aromatic rings. The highest BCUT2D eigenvalue weighted by molar-refractivity contribution is 5.70. The van der Waals surface area contributed by atoms with E-state index >= 15 is 0 Å². The molecule has 0 spiro atoms. The molecule has 90 valence electrons. The lowest BCUT2D eigenvalue weighted by molar-refractivity contribution is 0.421. The summed E-state index contributed by atoms with van der Waals surface area (Å²) in [6.45, 7) is 8.29. The van der Waals surface area contributed by atoms with Crippen LogP contribution >= 0.6 is 0 Å². The maximum absolute atomic E-state index is 5.81. The Hall–Kier alpha value is -1.70. The first-order valence-corrected chi connectivity index (χ1v) is 5.89. The predicted octanol–water partition coefficient (Wildman–Crippen LogP) is 3.70. The van der Waals surface area contributed by atoms with E-state index in [1.807, 2.05) is 20.2 Å². The lowest BCUT2D eigenvalue weighted by Crippen LogP contribution is -2.11. The summed E-state index contributed by atoms with van der Waals surface area (Å²) in [6.07, 6.45) is 2.17. The summed E-state index contributed by atoms with van der Waals surface area (Å²) in [5, 5.41) is 0. The summed E-state index contributed by atoms with van der Waals surface area (Å²) in [5.41, 5.74) is 3.44. The van der Waals surface area contributed by atoms with E-state index in [1.165, 1.54) is 5.57 Å². The first-order valence-electron chi connectivity index (χ1n) is 5.89. The number of hydrogen-bond donors (Lipinski definition) is 0. The van der Waals surface area contributed by atoms with Crippen LogP contribution in [-0.4, -0.2) is 14.1 Å². The van der Waals surface area contributed by atoms with Crippen LogP contribution in [0.15, 0.2) is 36.1 Å². The predicted molar refractivity (Wildman–Crippen MR) is 73.4 cm³/mol. The van der Waals surface area contributed by atoms with Crippen molar-refractivity contribution in [2.24, 2.45) is 5.92 Å². The SMILES string of the molecule is C=C1Oc2cc(N(C)C)ccc2C=C1C(C)C. The largest absolute Gasteiger partial charge is 0.457 e. The fourth-order valence-corrected chi connectivity index (χ4v) is 1.94. The second kappa shape index (κ2) is 4.28. The maximum atomic E-state index is 5.81. The van der Waals surface area contributed by atoms with Gasteiger partial charge in [-0.15, -0.1) is 0 Å². The van der Waals surface area contributed by atoms with Crippen molar-refractivity contribution < 1.29 is 4.74 Å². The van der Waals surface area contributed by atoms with Crippen LogP contribution in [0, 0.1) is 5.92 Å². The van der Waals surface area contributed by atoms with Gasteiger partial charge in [0, 0.05) is 31.4 Å². The van der Waals surface area contributed by atoms with Crippen molar-refractivity contribution in [2.45, 2.75) is 13.8 Å². The van der Waals surface area contributed by atoms with Crippen LogP contribution in [0.5, 0.6) is 5.75 Å². The van der Waals surface area contributed by atoms with Crippen LogP contribution in [0.2, 0.25) is 0 Å². The molecule has 2 rings (SSSR count). The van der Waals surface area contributed by atoms with E-state index in [0.29, 0.717) is 5.92 Å². The fraction of sp³-hybridized carbons (Fsp3) is 0.333. The molecular weight excluding hydrogens is 210 g/mol. The molecule has 2 nitrogen and oxygen atoms in total. The zero-order valence-electron chi connectivity index (χ0n) is 10.9. The van der Waals surface area contributed by atoms with Gasteiger partial charge >= 0.3 is 0 Å². The number of benzene rings is 1. The van der Waals surface area contributed by atoms with Gasteiger partial charge in [0.25, 0.3) is 0 Å². The van der Waals surface area contributed by atoms with Crippen LogP contribution in [0.25, 0.3) is 6.08 Å². The Bertz CT molecular complexity index is 484. The van der Waals surface area contributed by atoms with Crippen molar-refractivity contribution in [2.75, 3.05) is 19.0 Å². The van der Waals surface area contributed by atoms with Gasteiger partial charge in [-0.05, 0) is 29.7 Å². The average Bonchev–Trinajstić information content (AvgIpc) is 2.26. The molecule has 1 aromatic carbocycles. The molecule has 0 amide bonds. The molecule has 2 heteroatoms. The molecule has 0 radical (unpaired) electrons. The molecular formula is C15H19NO. The highest BCUT2D eigenvalue weighted by Crippen LogP contribution is 2.36. The van der Waals surface area contributed by atoms with E-state index in [-0.39, 0.29) is 0 Å². The number of ether oxygens (including phenoxy) is 1. The molecule has 0 saturated carbocycles. The zero-order valence-corrected chi connectivity index (χ0v) is 10.9. The Balaban J connectivity index is 2.45. The third kappa shape index (κ3) is 2.21. The molecule has 1 heterocycles. The summed E-state index contributed by atoms with van der Waals surface area (Å²) < 4.78 is 5.81. The molecule has 0 fully saturated rings. The van der Waals surface area contributed by atoms with Crippen molar-refractivity contribution >= 4 is 11.8 Å². The van der Waals surface area contributed by atoms with E-state index in [9.17, 15) is 0 Å². The van der Waals surface area contributed by atoms with Crippen LogP contribution in [-0.2, 0) is 0 Å². The van der Waals surface area contributed by atoms with Gasteiger partial charge in [-0.25, -0.2) is 0 Å².